The van der Waals surface area contributed by atoms with Crippen molar-refractivity contribution in [2.24, 2.45) is 0 Å². The molecular weight excluding hydrogens is 403 g/mol. The van der Waals surface area contributed by atoms with Crippen LogP contribution in [-0.2, 0) is 6.18 Å². The van der Waals surface area contributed by atoms with E-state index in [1.807, 2.05) is 60.7 Å². The van der Waals surface area contributed by atoms with Gasteiger partial charge in [0.05, 0.1) is 16.8 Å². The number of alkyl halides is 3. The number of carbonyl (C=O) groups excluding carboxylic acids is 1. The Hall–Kier alpha value is -4.00. The lowest BCUT2D eigenvalue weighted by atomic mass is 10.1. The molecule has 0 saturated carbocycles. The summed E-state index contributed by atoms with van der Waals surface area (Å²) in [5.41, 5.74) is 1.62. The number of halogens is 3. The number of rotatable bonds is 4. The number of nitrogens with one attached hydrogen (secondary N) is 1. The standard InChI is InChI=1S/C24H16F3N3O/c25-24(26,27)18-11-13-19(14-12-18)29-23(31)20-15-28-22(17-9-5-2-6-10-17)30-21(20)16-7-3-1-4-8-16/h1-15H,(H,29,31). The maximum Gasteiger partial charge on any atom is 0.416 e. The second-order valence-electron chi connectivity index (χ2n) is 6.72. The van der Waals surface area contributed by atoms with Gasteiger partial charge in [0.25, 0.3) is 5.91 Å². The third-order valence-corrected chi connectivity index (χ3v) is 4.58. The number of carbonyl (C=O) groups is 1. The molecule has 31 heavy (non-hydrogen) atoms. The Labute approximate surface area is 176 Å². The molecule has 0 fully saturated rings. The zero-order chi connectivity index (χ0) is 21.8. The maximum atomic E-state index is 12.9. The van der Waals surface area contributed by atoms with Crippen LogP contribution < -0.4 is 5.32 Å². The Morgan fingerprint density at radius 3 is 1.94 bits per heavy atom. The van der Waals surface area contributed by atoms with Crippen molar-refractivity contribution in [3.8, 4) is 22.6 Å². The summed E-state index contributed by atoms with van der Waals surface area (Å²) in [7, 11) is 0. The smallest absolute Gasteiger partial charge is 0.322 e. The molecule has 0 aliphatic heterocycles. The number of amides is 1. The lowest BCUT2D eigenvalue weighted by molar-refractivity contribution is -0.137. The zero-order valence-corrected chi connectivity index (χ0v) is 16.1. The van der Waals surface area contributed by atoms with Crippen LogP contribution in [0.1, 0.15) is 15.9 Å². The van der Waals surface area contributed by atoms with Gasteiger partial charge in [0.2, 0.25) is 0 Å². The molecular formula is C24H16F3N3O. The van der Waals surface area contributed by atoms with Gasteiger partial charge in [-0.2, -0.15) is 13.2 Å². The first-order valence-corrected chi connectivity index (χ1v) is 9.38. The fraction of sp³-hybridized carbons (Fsp3) is 0.0417. The van der Waals surface area contributed by atoms with Crippen molar-refractivity contribution in [3.63, 3.8) is 0 Å². The first kappa shape index (κ1) is 20.3. The molecule has 0 spiro atoms. The van der Waals surface area contributed by atoms with Gasteiger partial charge < -0.3 is 5.32 Å². The SMILES string of the molecule is O=C(Nc1ccc(C(F)(F)F)cc1)c1cnc(-c2ccccc2)nc1-c1ccccc1. The highest BCUT2D eigenvalue weighted by Crippen LogP contribution is 2.30. The van der Waals surface area contributed by atoms with Gasteiger partial charge in [0, 0.05) is 23.0 Å². The molecule has 1 aromatic heterocycles. The Morgan fingerprint density at radius 2 is 1.35 bits per heavy atom. The molecule has 0 atom stereocenters. The Balaban J connectivity index is 1.69. The van der Waals surface area contributed by atoms with E-state index >= 15 is 0 Å². The largest absolute Gasteiger partial charge is 0.416 e. The summed E-state index contributed by atoms with van der Waals surface area (Å²) < 4.78 is 38.3. The van der Waals surface area contributed by atoms with Gasteiger partial charge in [-0.25, -0.2) is 9.97 Å². The summed E-state index contributed by atoms with van der Waals surface area (Å²) in [6, 6.07) is 22.8. The molecule has 0 radical (unpaired) electrons. The molecule has 4 rings (SSSR count). The van der Waals surface area contributed by atoms with Crippen LogP contribution in [0.25, 0.3) is 22.6 Å². The van der Waals surface area contributed by atoms with E-state index < -0.39 is 17.6 Å². The van der Waals surface area contributed by atoms with Crippen molar-refractivity contribution in [1.29, 1.82) is 0 Å². The minimum absolute atomic E-state index is 0.214. The topological polar surface area (TPSA) is 54.9 Å². The first-order chi connectivity index (χ1) is 14.9. The van der Waals surface area contributed by atoms with Crippen molar-refractivity contribution in [2.75, 3.05) is 5.32 Å². The molecule has 0 aliphatic carbocycles. The summed E-state index contributed by atoms with van der Waals surface area (Å²) in [5.74, 6) is -0.0521. The number of hydrogen-bond acceptors (Lipinski definition) is 3. The van der Waals surface area contributed by atoms with Crippen molar-refractivity contribution in [3.05, 3.63) is 102 Å². The fourth-order valence-electron chi connectivity index (χ4n) is 3.03. The van der Waals surface area contributed by atoms with Crippen LogP contribution in [0.5, 0.6) is 0 Å². The average molecular weight is 419 g/mol. The fourth-order valence-corrected chi connectivity index (χ4v) is 3.03. The molecule has 1 heterocycles. The van der Waals surface area contributed by atoms with Gasteiger partial charge >= 0.3 is 6.18 Å². The second-order valence-corrected chi connectivity index (χ2v) is 6.72. The Morgan fingerprint density at radius 1 is 0.774 bits per heavy atom. The minimum atomic E-state index is -4.44. The third-order valence-electron chi connectivity index (χ3n) is 4.58. The monoisotopic (exact) mass is 419 g/mol. The normalized spacial score (nSPS) is 11.2. The number of benzene rings is 3. The van der Waals surface area contributed by atoms with Crippen LogP contribution >= 0.6 is 0 Å². The van der Waals surface area contributed by atoms with E-state index in [1.165, 1.54) is 18.3 Å². The minimum Gasteiger partial charge on any atom is -0.322 e. The van der Waals surface area contributed by atoms with Crippen LogP contribution in [0.3, 0.4) is 0 Å². The molecule has 7 heteroatoms. The second kappa shape index (κ2) is 8.39. The summed E-state index contributed by atoms with van der Waals surface area (Å²) in [4.78, 5) is 21.8. The van der Waals surface area contributed by atoms with Crippen molar-refractivity contribution < 1.29 is 18.0 Å². The summed E-state index contributed by atoms with van der Waals surface area (Å²) in [5, 5.41) is 2.62. The van der Waals surface area contributed by atoms with Crippen LogP contribution in [-0.4, -0.2) is 15.9 Å². The van der Waals surface area contributed by atoms with Crippen molar-refractivity contribution in [1.82, 2.24) is 9.97 Å². The quantitative estimate of drug-likeness (QED) is 0.436. The number of nitrogens with zero attached hydrogens (tertiary/aromatic N) is 2. The molecule has 0 aliphatic rings. The molecule has 1 N–H and O–H groups in total. The lowest BCUT2D eigenvalue weighted by Gasteiger charge is -2.12. The number of hydrogen-bond donors (Lipinski definition) is 1. The van der Waals surface area contributed by atoms with E-state index in [1.54, 1.807) is 0 Å². The Bertz CT molecular complexity index is 1190. The predicted molar refractivity (Wildman–Crippen MR) is 112 cm³/mol. The van der Waals surface area contributed by atoms with E-state index in [9.17, 15) is 18.0 Å². The van der Waals surface area contributed by atoms with Gasteiger partial charge in [-0.3, -0.25) is 4.79 Å². The van der Waals surface area contributed by atoms with Gasteiger partial charge in [0.1, 0.15) is 0 Å². The third kappa shape index (κ3) is 4.61. The summed E-state index contributed by atoms with van der Waals surface area (Å²) in [6.07, 6.45) is -3.01. The molecule has 4 nitrogen and oxygen atoms in total. The van der Waals surface area contributed by atoms with Crippen LogP contribution in [0.15, 0.2) is 91.1 Å². The summed E-state index contributed by atoms with van der Waals surface area (Å²) >= 11 is 0. The predicted octanol–water partition coefficient (Wildman–Crippen LogP) is 6.08. The van der Waals surface area contributed by atoms with E-state index in [4.69, 9.17) is 0 Å². The molecule has 3 aromatic carbocycles. The van der Waals surface area contributed by atoms with Crippen molar-refractivity contribution >= 4 is 11.6 Å². The summed E-state index contributed by atoms with van der Waals surface area (Å²) in [6.45, 7) is 0. The van der Waals surface area contributed by atoms with Gasteiger partial charge in [-0.05, 0) is 24.3 Å². The zero-order valence-electron chi connectivity index (χ0n) is 16.1. The van der Waals surface area contributed by atoms with Gasteiger partial charge in [-0.1, -0.05) is 60.7 Å². The molecule has 0 unspecified atom stereocenters. The molecule has 1 amide bonds. The van der Waals surface area contributed by atoms with Crippen LogP contribution in [0, 0.1) is 0 Å². The molecule has 154 valence electrons. The number of anilines is 1. The lowest BCUT2D eigenvalue weighted by Crippen LogP contribution is -2.15. The van der Waals surface area contributed by atoms with Gasteiger partial charge in [0.15, 0.2) is 5.82 Å². The Kier molecular flexibility index (Phi) is 5.49. The first-order valence-electron chi connectivity index (χ1n) is 9.38. The number of aromatic nitrogens is 2. The highest BCUT2D eigenvalue weighted by atomic mass is 19.4. The van der Waals surface area contributed by atoms with Crippen LogP contribution in [0.4, 0.5) is 18.9 Å². The molecule has 4 aromatic rings. The van der Waals surface area contributed by atoms with E-state index in [0.29, 0.717) is 11.5 Å². The highest BCUT2D eigenvalue weighted by Gasteiger charge is 2.30. The van der Waals surface area contributed by atoms with Crippen molar-refractivity contribution in [2.45, 2.75) is 6.18 Å². The van der Waals surface area contributed by atoms with E-state index in [0.717, 1.165) is 23.3 Å². The van der Waals surface area contributed by atoms with Crippen LogP contribution in [0.2, 0.25) is 0 Å². The molecule has 0 bridgehead atoms. The highest BCUT2D eigenvalue weighted by molar-refractivity contribution is 6.08. The van der Waals surface area contributed by atoms with E-state index in [2.05, 4.69) is 15.3 Å². The molecule has 0 saturated heterocycles. The van der Waals surface area contributed by atoms with Gasteiger partial charge in [-0.15, -0.1) is 0 Å². The maximum absolute atomic E-state index is 12.9. The average Bonchev–Trinajstić information content (AvgIpc) is 2.79. The van der Waals surface area contributed by atoms with E-state index in [-0.39, 0.29) is 11.3 Å².